The van der Waals surface area contributed by atoms with Crippen molar-refractivity contribution in [2.45, 2.75) is 13.5 Å². The van der Waals surface area contributed by atoms with E-state index in [0.29, 0.717) is 23.7 Å². The Hall–Kier alpha value is -2.36. The molecule has 0 unspecified atom stereocenters. The molecule has 18 heavy (non-hydrogen) atoms. The maximum atomic E-state index is 5.62. The van der Waals surface area contributed by atoms with Crippen LogP contribution in [0.5, 0.6) is 5.75 Å². The third kappa shape index (κ3) is 2.18. The third-order valence-corrected chi connectivity index (χ3v) is 2.56. The highest BCUT2D eigenvalue weighted by Gasteiger charge is 2.06. The molecule has 0 saturated heterocycles. The summed E-state index contributed by atoms with van der Waals surface area (Å²) in [5.74, 6) is 1.34. The molecule has 0 fully saturated rings. The van der Waals surface area contributed by atoms with Crippen molar-refractivity contribution in [3.05, 3.63) is 54.0 Å². The summed E-state index contributed by atoms with van der Waals surface area (Å²) < 4.78 is 11.1. The molecule has 0 amide bonds. The Morgan fingerprint density at radius 3 is 3.00 bits per heavy atom. The number of nitrogens with zero attached hydrogens (tertiary/aromatic N) is 2. The van der Waals surface area contributed by atoms with Crippen molar-refractivity contribution >= 4 is 11.2 Å². The van der Waals surface area contributed by atoms with Gasteiger partial charge in [0.1, 0.15) is 5.75 Å². The van der Waals surface area contributed by atoms with Crippen molar-refractivity contribution in [1.82, 2.24) is 9.97 Å². The van der Waals surface area contributed by atoms with Gasteiger partial charge in [-0.1, -0.05) is 12.1 Å². The first-order valence-corrected chi connectivity index (χ1v) is 5.71. The summed E-state index contributed by atoms with van der Waals surface area (Å²) in [6, 6.07) is 11.5. The fourth-order valence-corrected chi connectivity index (χ4v) is 1.73. The lowest BCUT2D eigenvalue weighted by Gasteiger charge is -2.03. The second-order valence-corrected chi connectivity index (χ2v) is 4.04. The summed E-state index contributed by atoms with van der Waals surface area (Å²) in [4.78, 5) is 8.36. The topological polar surface area (TPSA) is 48.2 Å². The Bertz CT molecular complexity index is 643. The van der Waals surface area contributed by atoms with Crippen LogP contribution in [0.25, 0.3) is 11.2 Å². The summed E-state index contributed by atoms with van der Waals surface area (Å²) in [6.07, 6.45) is 1.69. The Morgan fingerprint density at radius 1 is 1.22 bits per heavy atom. The first-order chi connectivity index (χ1) is 8.81. The first kappa shape index (κ1) is 10.8. The monoisotopic (exact) mass is 240 g/mol. The van der Waals surface area contributed by atoms with Crippen molar-refractivity contribution in [3.63, 3.8) is 0 Å². The second kappa shape index (κ2) is 4.49. The molecule has 0 radical (unpaired) electrons. The number of benzene rings is 1. The van der Waals surface area contributed by atoms with Gasteiger partial charge in [0.05, 0.1) is 0 Å². The lowest BCUT2D eigenvalue weighted by atomic mass is 10.2. The molecule has 0 saturated carbocycles. The fourth-order valence-electron chi connectivity index (χ4n) is 1.73. The van der Waals surface area contributed by atoms with Gasteiger partial charge in [-0.3, -0.25) is 0 Å². The molecule has 90 valence electrons. The van der Waals surface area contributed by atoms with Crippen LogP contribution in [0, 0.1) is 6.92 Å². The average molecular weight is 240 g/mol. The van der Waals surface area contributed by atoms with Crippen LogP contribution in [0.15, 0.2) is 47.0 Å². The molecule has 0 aliphatic heterocycles. The molecule has 1 aromatic carbocycles. The van der Waals surface area contributed by atoms with Crippen LogP contribution in [-0.2, 0) is 6.61 Å². The van der Waals surface area contributed by atoms with Crippen molar-refractivity contribution in [3.8, 4) is 5.75 Å². The summed E-state index contributed by atoms with van der Waals surface area (Å²) in [5.41, 5.74) is 2.45. The van der Waals surface area contributed by atoms with Crippen LogP contribution in [-0.4, -0.2) is 9.97 Å². The first-order valence-electron chi connectivity index (χ1n) is 5.71. The maximum Gasteiger partial charge on any atom is 0.235 e. The predicted octanol–water partition coefficient (Wildman–Crippen LogP) is 3.11. The van der Waals surface area contributed by atoms with E-state index in [2.05, 4.69) is 9.97 Å². The number of rotatable bonds is 3. The van der Waals surface area contributed by atoms with Crippen LogP contribution < -0.4 is 4.74 Å². The molecular formula is C14H12N2O2. The maximum absolute atomic E-state index is 5.62. The number of oxazole rings is 1. The van der Waals surface area contributed by atoms with Gasteiger partial charge in [-0.25, -0.2) is 4.98 Å². The highest BCUT2D eigenvalue weighted by Crippen LogP contribution is 2.16. The molecule has 2 aromatic heterocycles. The van der Waals surface area contributed by atoms with Gasteiger partial charge in [-0.15, -0.1) is 0 Å². The number of ether oxygens (including phenoxy) is 1. The summed E-state index contributed by atoms with van der Waals surface area (Å²) in [5, 5.41) is 0. The molecule has 4 nitrogen and oxygen atoms in total. The van der Waals surface area contributed by atoms with E-state index in [0.717, 1.165) is 11.3 Å². The van der Waals surface area contributed by atoms with Gasteiger partial charge in [-0.05, 0) is 36.8 Å². The van der Waals surface area contributed by atoms with Gasteiger partial charge < -0.3 is 9.15 Å². The van der Waals surface area contributed by atoms with Gasteiger partial charge in [-0.2, -0.15) is 4.98 Å². The molecule has 0 bridgehead atoms. The SMILES string of the molecule is Cc1cccc(OCc2nc3ncccc3o2)c1. The molecule has 0 aliphatic carbocycles. The molecule has 0 atom stereocenters. The van der Waals surface area contributed by atoms with Gasteiger partial charge in [0.2, 0.25) is 5.89 Å². The van der Waals surface area contributed by atoms with E-state index in [4.69, 9.17) is 9.15 Å². The van der Waals surface area contributed by atoms with E-state index < -0.39 is 0 Å². The average Bonchev–Trinajstić information content (AvgIpc) is 2.79. The minimum atomic E-state index is 0.305. The minimum absolute atomic E-state index is 0.305. The van der Waals surface area contributed by atoms with Crippen LogP contribution in [0.4, 0.5) is 0 Å². The van der Waals surface area contributed by atoms with Crippen LogP contribution in [0.2, 0.25) is 0 Å². The van der Waals surface area contributed by atoms with Gasteiger partial charge >= 0.3 is 0 Å². The van der Waals surface area contributed by atoms with Crippen molar-refractivity contribution in [2.75, 3.05) is 0 Å². The smallest absolute Gasteiger partial charge is 0.235 e. The quantitative estimate of drug-likeness (QED) is 0.705. The molecular weight excluding hydrogens is 228 g/mol. The zero-order valence-corrected chi connectivity index (χ0v) is 9.96. The third-order valence-electron chi connectivity index (χ3n) is 2.56. The number of fused-ring (bicyclic) bond motifs is 1. The van der Waals surface area contributed by atoms with Gasteiger partial charge in [0.25, 0.3) is 0 Å². The van der Waals surface area contributed by atoms with Crippen molar-refractivity contribution in [2.24, 2.45) is 0 Å². The number of aromatic nitrogens is 2. The number of pyridine rings is 1. The summed E-state index contributed by atoms with van der Waals surface area (Å²) >= 11 is 0. The highest BCUT2D eigenvalue weighted by molar-refractivity contribution is 5.66. The zero-order valence-electron chi connectivity index (χ0n) is 9.96. The standard InChI is InChI=1S/C14H12N2O2/c1-10-4-2-5-11(8-10)17-9-13-16-14-12(18-13)6-3-7-15-14/h2-8H,9H2,1H3. The molecule has 2 heterocycles. The highest BCUT2D eigenvalue weighted by atomic mass is 16.5. The number of hydrogen-bond acceptors (Lipinski definition) is 4. The molecule has 0 N–H and O–H groups in total. The van der Waals surface area contributed by atoms with Crippen LogP contribution >= 0.6 is 0 Å². The van der Waals surface area contributed by atoms with E-state index >= 15 is 0 Å². The molecule has 0 aliphatic rings. The van der Waals surface area contributed by atoms with Gasteiger partial charge in [0, 0.05) is 6.20 Å². The Balaban J connectivity index is 1.76. The largest absolute Gasteiger partial charge is 0.484 e. The Kier molecular flexibility index (Phi) is 2.68. The summed E-state index contributed by atoms with van der Waals surface area (Å²) in [7, 11) is 0. The van der Waals surface area contributed by atoms with Crippen molar-refractivity contribution < 1.29 is 9.15 Å². The predicted molar refractivity (Wildman–Crippen MR) is 67.3 cm³/mol. The molecule has 3 rings (SSSR count). The van der Waals surface area contributed by atoms with Crippen molar-refractivity contribution in [1.29, 1.82) is 0 Å². The summed E-state index contributed by atoms with van der Waals surface area (Å²) in [6.45, 7) is 2.33. The van der Waals surface area contributed by atoms with E-state index in [1.54, 1.807) is 6.20 Å². The second-order valence-electron chi connectivity index (χ2n) is 4.04. The number of aryl methyl sites for hydroxylation is 1. The normalized spacial score (nSPS) is 10.7. The van der Waals surface area contributed by atoms with E-state index in [-0.39, 0.29) is 0 Å². The van der Waals surface area contributed by atoms with E-state index in [9.17, 15) is 0 Å². The van der Waals surface area contributed by atoms with Crippen LogP contribution in [0.1, 0.15) is 11.5 Å². The lowest BCUT2D eigenvalue weighted by Crippen LogP contribution is -1.95. The van der Waals surface area contributed by atoms with Gasteiger partial charge in [0.15, 0.2) is 17.8 Å². The number of hydrogen-bond donors (Lipinski definition) is 0. The van der Waals surface area contributed by atoms with E-state index in [1.807, 2.05) is 43.3 Å². The Morgan fingerprint density at radius 2 is 2.17 bits per heavy atom. The zero-order chi connectivity index (χ0) is 12.4. The Labute approximate surface area is 104 Å². The lowest BCUT2D eigenvalue weighted by molar-refractivity contribution is 0.267. The molecule has 0 spiro atoms. The molecule has 4 heteroatoms. The fraction of sp³-hybridized carbons (Fsp3) is 0.143. The van der Waals surface area contributed by atoms with E-state index in [1.165, 1.54) is 0 Å². The molecule has 3 aromatic rings. The van der Waals surface area contributed by atoms with Crippen LogP contribution in [0.3, 0.4) is 0 Å². The minimum Gasteiger partial charge on any atom is -0.484 e.